The zero-order valence-electron chi connectivity index (χ0n) is 7.35. The molecular formula is C9H14BrCl2N. The van der Waals surface area contributed by atoms with E-state index in [1.807, 2.05) is 0 Å². The first-order chi connectivity index (χ1) is 6.16. The maximum Gasteiger partial charge on any atom is 0.0867 e. The monoisotopic (exact) mass is 285 g/mol. The minimum atomic E-state index is 0.0709. The van der Waals surface area contributed by atoms with E-state index in [4.69, 9.17) is 23.2 Å². The largest absolute Gasteiger partial charge is 0.285 e. The first kappa shape index (κ1) is 10.5. The summed E-state index contributed by atoms with van der Waals surface area (Å²) in [6.07, 6.45) is 4.78. The number of nitrogens with one attached hydrogen (secondary N) is 1. The Bertz CT molecular complexity index is 188. The Hall–Kier alpha value is 1.02. The van der Waals surface area contributed by atoms with E-state index >= 15 is 0 Å². The Morgan fingerprint density at radius 2 is 1.92 bits per heavy atom. The molecule has 1 nitrogen and oxygen atoms in total. The third-order valence-corrected chi connectivity index (χ3v) is 4.79. The van der Waals surface area contributed by atoms with E-state index in [0.717, 1.165) is 6.42 Å². The molecule has 5 unspecified atom stereocenters. The Kier molecular flexibility index (Phi) is 3.45. The fraction of sp³-hybridized carbons (Fsp3) is 1.00. The van der Waals surface area contributed by atoms with Crippen LogP contribution < -0.4 is 5.32 Å². The second-order valence-electron chi connectivity index (χ2n) is 4.11. The van der Waals surface area contributed by atoms with Crippen molar-refractivity contribution in [1.82, 2.24) is 5.32 Å². The summed E-state index contributed by atoms with van der Waals surface area (Å²) in [5, 5.41) is 3.21. The molecule has 0 aromatic carbocycles. The number of fused-ring (bicyclic) bond motifs is 1. The molecule has 1 N–H and O–H groups in total. The molecule has 13 heavy (non-hydrogen) atoms. The zero-order chi connectivity index (χ0) is 9.42. The van der Waals surface area contributed by atoms with Crippen molar-refractivity contribution in [3.05, 3.63) is 0 Å². The molecule has 4 heteroatoms. The minimum Gasteiger partial charge on any atom is -0.285 e. The molecule has 0 bridgehead atoms. The van der Waals surface area contributed by atoms with E-state index in [9.17, 15) is 0 Å². The SMILES string of the molecule is ClC1CC2CC(Br)CCC2C(Cl)N1. The normalized spacial score (nSPS) is 51.5. The highest BCUT2D eigenvalue weighted by Gasteiger charge is 2.39. The van der Waals surface area contributed by atoms with Crippen molar-refractivity contribution in [2.24, 2.45) is 11.8 Å². The van der Waals surface area contributed by atoms with Gasteiger partial charge in [0, 0.05) is 4.83 Å². The van der Waals surface area contributed by atoms with Crippen molar-refractivity contribution in [2.45, 2.75) is 41.5 Å². The van der Waals surface area contributed by atoms with Crippen LogP contribution in [-0.4, -0.2) is 15.8 Å². The lowest BCUT2D eigenvalue weighted by Gasteiger charge is -2.42. The van der Waals surface area contributed by atoms with Gasteiger partial charge in [-0.25, -0.2) is 0 Å². The summed E-state index contributed by atoms with van der Waals surface area (Å²) < 4.78 is 0. The molecule has 2 rings (SSSR count). The summed E-state index contributed by atoms with van der Waals surface area (Å²) in [6.45, 7) is 0. The Labute approximate surface area is 97.7 Å². The molecule has 0 amide bonds. The molecule has 1 heterocycles. The first-order valence-electron chi connectivity index (χ1n) is 4.85. The number of hydrogen-bond acceptors (Lipinski definition) is 1. The highest BCUT2D eigenvalue weighted by Crippen LogP contribution is 2.42. The van der Waals surface area contributed by atoms with E-state index in [-0.39, 0.29) is 11.0 Å². The van der Waals surface area contributed by atoms with Crippen molar-refractivity contribution in [2.75, 3.05) is 0 Å². The highest BCUT2D eigenvalue weighted by molar-refractivity contribution is 9.09. The summed E-state index contributed by atoms with van der Waals surface area (Å²) in [7, 11) is 0. The summed E-state index contributed by atoms with van der Waals surface area (Å²) in [5.74, 6) is 1.34. The van der Waals surface area contributed by atoms with E-state index in [1.165, 1.54) is 19.3 Å². The fourth-order valence-electron chi connectivity index (χ4n) is 2.52. The van der Waals surface area contributed by atoms with Gasteiger partial charge in [-0.05, 0) is 37.5 Å². The van der Waals surface area contributed by atoms with Gasteiger partial charge in [-0.15, -0.1) is 23.2 Å². The third kappa shape index (κ3) is 2.34. The van der Waals surface area contributed by atoms with Crippen LogP contribution in [0, 0.1) is 11.8 Å². The Balaban J connectivity index is 2.02. The van der Waals surface area contributed by atoms with Gasteiger partial charge in [0.1, 0.15) is 0 Å². The molecule has 1 saturated heterocycles. The average Bonchev–Trinajstić information content (AvgIpc) is 2.02. The lowest BCUT2D eigenvalue weighted by molar-refractivity contribution is 0.164. The summed E-state index contributed by atoms with van der Waals surface area (Å²) in [6, 6.07) is 0. The fourth-order valence-corrected chi connectivity index (χ4v) is 4.17. The van der Waals surface area contributed by atoms with E-state index in [2.05, 4.69) is 21.2 Å². The van der Waals surface area contributed by atoms with Crippen molar-refractivity contribution >= 4 is 39.1 Å². The molecule has 0 aromatic heterocycles. The smallest absolute Gasteiger partial charge is 0.0867 e. The van der Waals surface area contributed by atoms with Gasteiger partial charge in [-0.2, -0.15) is 0 Å². The summed E-state index contributed by atoms with van der Waals surface area (Å²) >= 11 is 16.0. The van der Waals surface area contributed by atoms with Gasteiger partial charge in [0.2, 0.25) is 0 Å². The van der Waals surface area contributed by atoms with Crippen molar-refractivity contribution in [1.29, 1.82) is 0 Å². The molecule has 5 atom stereocenters. The van der Waals surface area contributed by atoms with Crippen LogP contribution >= 0.6 is 39.1 Å². The van der Waals surface area contributed by atoms with Gasteiger partial charge in [-0.3, -0.25) is 5.32 Å². The number of halogens is 3. The first-order valence-corrected chi connectivity index (χ1v) is 6.64. The molecule has 0 radical (unpaired) electrons. The number of piperidine rings is 1. The van der Waals surface area contributed by atoms with Crippen LogP contribution in [0.1, 0.15) is 25.7 Å². The van der Waals surface area contributed by atoms with Crippen LogP contribution in [0.15, 0.2) is 0 Å². The summed E-state index contributed by atoms with van der Waals surface area (Å²) in [5.41, 5.74) is 0.155. The Morgan fingerprint density at radius 1 is 1.15 bits per heavy atom. The lowest BCUT2D eigenvalue weighted by atomic mass is 9.75. The minimum absolute atomic E-state index is 0.0709. The van der Waals surface area contributed by atoms with Crippen LogP contribution in [-0.2, 0) is 0 Å². The average molecular weight is 287 g/mol. The van der Waals surface area contributed by atoms with Crippen molar-refractivity contribution in [3.8, 4) is 0 Å². The highest BCUT2D eigenvalue weighted by atomic mass is 79.9. The van der Waals surface area contributed by atoms with E-state index < -0.39 is 0 Å². The van der Waals surface area contributed by atoms with Crippen LogP contribution in [0.5, 0.6) is 0 Å². The molecule has 76 valence electrons. The number of rotatable bonds is 0. The topological polar surface area (TPSA) is 12.0 Å². The lowest BCUT2D eigenvalue weighted by Crippen LogP contribution is -2.48. The molecule has 1 aliphatic heterocycles. The van der Waals surface area contributed by atoms with E-state index in [1.54, 1.807) is 0 Å². The van der Waals surface area contributed by atoms with Gasteiger partial charge >= 0.3 is 0 Å². The van der Waals surface area contributed by atoms with Crippen LogP contribution in [0.25, 0.3) is 0 Å². The second kappa shape index (κ2) is 4.26. The summed E-state index contributed by atoms with van der Waals surface area (Å²) in [4.78, 5) is 0.680. The zero-order valence-corrected chi connectivity index (χ0v) is 10.4. The van der Waals surface area contributed by atoms with Gasteiger partial charge < -0.3 is 0 Å². The maximum absolute atomic E-state index is 6.22. The number of alkyl halides is 3. The van der Waals surface area contributed by atoms with Gasteiger partial charge in [0.05, 0.1) is 11.0 Å². The standard InChI is InChI=1S/C9H14BrCl2N/c10-6-1-2-7-5(3-6)4-8(11)13-9(7)12/h5-9,13H,1-4H2. The van der Waals surface area contributed by atoms with Gasteiger partial charge in [0.15, 0.2) is 0 Å². The molecular weight excluding hydrogens is 273 g/mol. The molecule has 1 saturated carbocycles. The molecule has 0 spiro atoms. The Morgan fingerprint density at radius 3 is 2.69 bits per heavy atom. The van der Waals surface area contributed by atoms with Crippen LogP contribution in [0.2, 0.25) is 0 Å². The number of hydrogen-bond donors (Lipinski definition) is 1. The van der Waals surface area contributed by atoms with Crippen LogP contribution in [0.4, 0.5) is 0 Å². The van der Waals surface area contributed by atoms with E-state index in [0.29, 0.717) is 16.7 Å². The third-order valence-electron chi connectivity index (χ3n) is 3.20. The molecule has 2 aliphatic rings. The maximum atomic E-state index is 6.22. The molecule has 0 aromatic rings. The molecule has 2 fully saturated rings. The second-order valence-corrected chi connectivity index (χ2v) is 6.40. The molecule has 1 aliphatic carbocycles. The van der Waals surface area contributed by atoms with Gasteiger partial charge in [0.25, 0.3) is 0 Å². The van der Waals surface area contributed by atoms with Crippen molar-refractivity contribution < 1.29 is 0 Å². The van der Waals surface area contributed by atoms with Gasteiger partial charge in [-0.1, -0.05) is 15.9 Å². The predicted molar refractivity (Wildman–Crippen MR) is 60.6 cm³/mol. The van der Waals surface area contributed by atoms with Crippen LogP contribution in [0.3, 0.4) is 0 Å². The quantitative estimate of drug-likeness (QED) is 0.532. The van der Waals surface area contributed by atoms with Crippen molar-refractivity contribution in [3.63, 3.8) is 0 Å². The predicted octanol–water partition coefficient (Wildman–Crippen LogP) is 3.29.